The van der Waals surface area contributed by atoms with Gasteiger partial charge in [0.2, 0.25) is 5.96 Å². The number of nitrogens with two attached hydrogens (primary N) is 4. The quantitative estimate of drug-likeness (QED) is 0.370. The fourth-order valence-electron chi connectivity index (χ4n) is 1.69. The Hall–Kier alpha value is -3.02. The average molecular weight is 268 g/mol. The number of rotatable bonds is 2. The number of anilines is 1. The Morgan fingerprint density at radius 3 is 1.75 bits per heavy atom. The second-order valence-electron chi connectivity index (χ2n) is 4.18. The van der Waals surface area contributed by atoms with E-state index in [1.54, 1.807) is 0 Å². The maximum absolute atomic E-state index is 5.66. The molecule has 6 heteroatoms. The maximum Gasteiger partial charge on any atom is 0.223 e. The van der Waals surface area contributed by atoms with Gasteiger partial charge in [-0.25, -0.2) is 4.99 Å². The van der Waals surface area contributed by atoms with Crippen LogP contribution in [0.1, 0.15) is 0 Å². The van der Waals surface area contributed by atoms with Crippen LogP contribution in [-0.2, 0) is 0 Å². The van der Waals surface area contributed by atoms with Crippen molar-refractivity contribution in [3.8, 4) is 11.1 Å². The Kier molecular flexibility index (Phi) is 3.85. The Morgan fingerprint density at radius 2 is 1.25 bits per heavy atom. The van der Waals surface area contributed by atoms with E-state index in [1.807, 2.05) is 48.5 Å². The lowest BCUT2D eigenvalue weighted by molar-refractivity contribution is 1.38. The predicted octanol–water partition coefficient (Wildman–Crippen LogP) is 1.16. The molecule has 2 rings (SSSR count). The van der Waals surface area contributed by atoms with Crippen LogP contribution >= 0.6 is 0 Å². The molecule has 0 bridgehead atoms. The highest BCUT2D eigenvalue weighted by atomic mass is 15.1. The number of nitrogen functional groups attached to an aromatic ring is 1. The third kappa shape index (κ3) is 3.49. The summed E-state index contributed by atoms with van der Waals surface area (Å²) in [6.07, 6.45) is 0. The summed E-state index contributed by atoms with van der Waals surface area (Å²) in [5, 5.41) is 0. The summed E-state index contributed by atoms with van der Waals surface area (Å²) in [7, 11) is 0. The van der Waals surface area contributed by atoms with E-state index in [-0.39, 0.29) is 11.9 Å². The van der Waals surface area contributed by atoms with Gasteiger partial charge in [0.25, 0.3) is 0 Å². The zero-order valence-electron chi connectivity index (χ0n) is 10.8. The highest BCUT2D eigenvalue weighted by molar-refractivity contribution is 5.93. The van der Waals surface area contributed by atoms with Crippen molar-refractivity contribution < 1.29 is 0 Å². The number of benzene rings is 2. The van der Waals surface area contributed by atoms with Crippen molar-refractivity contribution in [3.63, 3.8) is 0 Å². The highest BCUT2D eigenvalue weighted by Gasteiger charge is 1.98. The molecule has 0 fully saturated rings. The van der Waals surface area contributed by atoms with Crippen LogP contribution in [-0.4, -0.2) is 11.9 Å². The Labute approximate surface area is 116 Å². The van der Waals surface area contributed by atoms with Crippen LogP contribution in [0, 0.1) is 0 Å². The van der Waals surface area contributed by atoms with E-state index in [0.29, 0.717) is 5.69 Å². The van der Waals surface area contributed by atoms with Crippen LogP contribution < -0.4 is 22.9 Å². The van der Waals surface area contributed by atoms with Gasteiger partial charge < -0.3 is 22.9 Å². The minimum atomic E-state index is -0.121. The molecule has 0 amide bonds. The first kappa shape index (κ1) is 13.4. The smallest absolute Gasteiger partial charge is 0.223 e. The van der Waals surface area contributed by atoms with Gasteiger partial charge in [-0.2, -0.15) is 4.99 Å². The molecule has 0 aliphatic carbocycles. The molecule has 0 aliphatic heterocycles. The van der Waals surface area contributed by atoms with E-state index in [0.717, 1.165) is 16.8 Å². The number of guanidine groups is 2. The number of nitrogens with zero attached hydrogens (tertiary/aromatic N) is 2. The van der Waals surface area contributed by atoms with Crippen LogP contribution in [0.2, 0.25) is 0 Å². The molecule has 0 atom stereocenters. The topological polar surface area (TPSA) is 129 Å². The van der Waals surface area contributed by atoms with Gasteiger partial charge in [-0.3, -0.25) is 0 Å². The van der Waals surface area contributed by atoms with E-state index in [9.17, 15) is 0 Å². The number of hydrogen-bond acceptors (Lipinski definition) is 2. The van der Waals surface area contributed by atoms with E-state index in [2.05, 4.69) is 9.98 Å². The molecule has 0 saturated carbocycles. The molecule has 2 aromatic carbocycles. The molecule has 0 aromatic heterocycles. The van der Waals surface area contributed by atoms with Gasteiger partial charge in [0.15, 0.2) is 5.96 Å². The molecule has 0 radical (unpaired) electrons. The second-order valence-corrected chi connectivity index (χ2v) is 4.18. The van der Waals surface area contributed by atoms with Gasteiger partial charge in [-0.1, -0.05) is 24.3 Å². The zero-order valence-corrected chi connectivity index (χ0v) is 10.8. The van der Waals surface area contributed by atoms with Crippen molar-refractivity contribution >= 4 is 23.3 Å². The summed E-state index contributed by atoms with van der Waals surface area (Å²) < 4.78 is 0. The summed E-state index contributed by atoms with van der Waals surface area (Å²) in [6, 6.07) is 15.2. The van der Waals surface area contributed by atoms with Crippen LogP contribution in [0.5, 0.6) is 0 Å². The summed E-state index contributed by atoms with van der Waals surface area (Å²) in [4.78, 5) is 7.72. The van der Waals surface area contributed by atoms with Crippen molar-refractivity contribution in [1.82, 2.24) is 0 Å². The molecule has 20 heavy (non-hydrogen) atoms. The molecule has 6 nitrogen and oxygen atoms in total. The van der Waals surface area contributed by atoms with E-state index < -0.39 is 0 Å². The summed E-state index contributed by atoms with van der Waals surface area (Å²) in [6.45, 7) is 0. The summed E-state index contributed by atoms with van der Waals surface area (Å²) in [5.41, 5.74) is 25.2. The van der Waals surface area contributed by atoms with Gasteiger partial charge in [0.1, 0.15) is 0 Å². The lowest BCUT2D eigenvalue weighted by Crippen LogP contribution is -2.26. The molecular weight excluding hydrogens is 252 g/mol. The normalized spacial score (nSPS) is 11.1. The van der Waals surface area contributed by atoms with E-state index >= 15 is 0 Å². The zero-order chi connectivity index (χ0) is 14.5. The Morgan fingerprint density at radius 1 is 0.750 bits per heavy atom. The van der Waals surface area contributed by atoms with Crippen molar-refractivity contribution in [1.29, 1.82) is 0 Å². The molecule has 0 spiro atoms. The standard InChI is InChI=1S/C14H16N6/c15-11-5-1-9(2-6-11)10-3-7-12(8-4-10)19-14(18)20-13(16)17/h1-8H,15H2,(H6,16,17,18,19,20). The fourth-order valence-corrected chi connectivity index (χ4v) is 1.69. The SMILES string of the molecule is NC(N)=NC(N)=Nc1ccc(-c2ccc(N)cc2)cc1. The van der Waals surface area contributed by atoms with Crippen molar-refractivity contribution in [3.05, 3.63) is 48.5 Å². The lowest BCUT2D eigenvalue weighted by atomic mass is 10.1. The summed E-state index contributed by atoms with van der Waals surface area (Å²) >= 11 is 0. The minimum Gasteiger partial charge on any atom is -0.399 e. The van der Waals surface area contributed by atoms with Gasteiger partial charge in [0.05, 0.1) is 5.69 Å². The van der Waals surface area contributed by atoms with Gasteiger partial charge in [0, 0.05) is 5.69 Å². The molecule has 102 valence electrons. The number of aliphatic imine (C=N–C) groups is 2. The third-order valence-electron chi connectivity index (χ3n) is 2.60. The van der Waals surface area contributed by atoms with Crippen LogP contribution in [0.3, 0.4) is 0 Å². The third-order valence-corrected chi connectivity index (χ3v) is 2.60. The molecule has 0 saturated heterocycles. The molecule has 0 unspecified atom stereocenters. The van der Waals surface area contributed by atoms with Gasteiger partial charge in [-0.05, 0) is 35.4 Å². The van der Waals surface area contributed by atoms with Crippen LogP contribution in [0.15, 0.2) is 58.5 Å². The van der Waals surface area contributed by atoms with Crippen LogP contribution in [0.4, 0.5) is 11.4 Å². The largest absolute Gasteiger partial charge is 0.399 e. The summed E-state index contributed by atoms with van der Waals surface area (Å²) in [5.74, 6) is -0.102. The first-order chi connectivity index (χ1) is 9.54. The van der Waals surface area contributed by atoms with E-state index in [4.69, 9.17) is 22.9 Å². The first-order valence-corrected chi connectivity index (χ1v) is 5.94. The molecule has 2 aromatic rings. The number of hydrogen-bond donors (Lipinski definition) is 4. The first-order valence-electron chi connectivity index (χ1n) is 5.94. The monoisotopic (exact) mass is 268 g/mol. The van der Waals surface area contributed by atoms with Gasteiger partial charge in [-0.15, -0.1) is 0 Å². The van der Waals surface area contributed by atoms with Gasteiger partial charge >= 0.3 is 0 Å². The van der Waals surface area contributed by atoms with E-state index in [1.165, 1.54) is 0 Å². The second kappa shape index (κ2) is 5.75. The predicted molar refractivity (Wildman–Crippen MR) is 83.4 cm³/mol. The minimum absolute atomic E-state index is 0.0187. The maximum atomic E-state index is 5.66. The molecule has 0 aliphatic rings. The Bertz CT molecular complexity index is 636. The van der Waals surface area contributed by atoms with Crippen LogP contribution in [0.25, 0.3) is 11.1 Å². The molecule has 8 N–H and O–H groups in total. The Balaban J connectivity index is 2.22. The van der Waals surface area contributed by atoms with Crippen molar-refractivity contribution in [2.45, 2.75) is 0 Å². The molecule has 0 heterocycles. The lowest BCUT2D eigenvalue weighted by Gasteiger charge is -2.03. The highest BCUT2D eigenvalue weighted by Crippen LogP contribution is 2.23. The van der Waals surface area contributed by atoms with Crippen molar-refractivity contribution in [2.24, 2.45) is 27.2 Å². The fraction of sp³-hybridized carbons (Fsp3) is 0. The molecular formula is C14H16N6. The average Bonchev–Trinajstić information content (AvgIpc) is 2.39. The van der Waals surface area contributed by atoms with Crippen molar-refractivity contribution in [2.75, 3.05) is 5.73 Å².